The number of halogens is 1. The van der Waals surface area contributed by atoms with Gasteiger partial charge >= 0.3 is 0 Å². The summed E-state index contributed by atoms with van der Waals surface area (Å²) in [5, 5.41) is 0.660. The highest BCUT2D eigenvalue weighted by Gasteiger charge is 2.05. The number of allylic oxidation sites excluding steroid dienone is 2. The van der Waals surface area contributed by atoms with Crippen LogP contribution in [0.3, 0.4) is 0 Å². The molecule has 0 fully saturated rings. The minimum absolute atomic E-state index is 0.134. The topological polar surface area (TPSA) is 35.2 Å². The molecule has 0 amide bonds. The van der Waals surface area contributed by atoms with Crippen LogP contribution in [0.4, 0.5) is 0 Å². The Hall–Kier alpha value is -0.990. The van der Waals surface area contributed by atoms with Crippen molar-refractivity contribution in [3.8, 4) is 5.75 Å². The third-order valence-corrected chi connectivity index (χ3v) is 2.90. The molecule has 3 heteroatoms. The largest absolute Gasteiger partial charge is 0.489 e. The molecule has 0 bridgehead atoms. The molecule has 0 radical (unpaired) electrons. The summed E-state index contributed by atoms with van der Waals surface area (Å²) in [6.07, 6.45) is 4.35. The monoisotopic (exact) mass is 267 g/mol. The second-order valence-corrected chi connectivity index (χ2v) is 5.04. The Labute approximate surface area is 115 Å². The van der Waals surface area contributed by atoms with Crippen molar-refractivity contribution in [2.45, 2.75) is 39.7 Å². The van der Waals surface area contributed by atoms with Gasteiger partial charge in [-0.15, -0.1) is 0 Å². The van der Waals surface area contributed by atoms with E-state index in [1.165, 1.54) is 5.57 Å². The Bertz CT molecular complexity index is 413. The number of benzene rings is 1. The molecular formula is C15H22ClNO. The first-order valence-corrected chi connectivity index (χ1v) is 6.75. The fourth-order valence-electron chi connectivity index (χ4n) is 1.65. The van der Waals surface area contributed by atoms with Crippen LogP contribution < -0.4 is 10.5 Å². The first-order chi connectivity index (χ1) is 8.54. The van der Waals surface area contributed by atoms with Crippen LogP contribution >= 0.6 is 11.6 Å². The molecule has 0 heterocycles. The quantitative estimate of drug-likeness (QED) is 0.781. The molecule has 0 atom stereocenters. The van der Waals surface area contributed by atoms with Crippen molar-refractivity contribution in [3.05, 3.63) is 34.9 Å². The van der Waals surface area contributed by atoms with Gasteiger partial charge in [-0.2, -0.15) is 0 Å². The van der Waals surface area contributed by atoms with E-state index in [0.717, 1.165) is 30.7 Å². The highest BCUT2D eigenvalue weighted by Crippen LogP contribution is 2.29. The minimum Gasteiger partial charge on any atom is -0.489 e. The fraction of sp³-hybridized carbons (Fsp3) is 0.467. The summed E-state index contributed by atoms with van der Waals surface area (Å²) in [4.78, 5) is 0. The minimum atomic E-state index is 0.134. The molecule has 2 nitrogen and oxygen atoms in total. The van der Waals surface area contributed by atoms with Crippen LogP contribution in [0.25, 0.3) is 5.57 Å². The first kappa shape index (κ1) is 15.1. The van der Waals surface area contributed by atoms with Crippen molar-refractivity contribution in [1.82, 2.24) is 0 Å². The van der Waals surface area contributed by atoms with Gasteiger partial charge in [0.05, 0.1) is 11.1 Å². The molecule has 1 aromatic rings. The molecule has 0 aromatic heterocycles. The lowest BCUT2D eigenvalue weighted by atomic mass is 10.1. The first-order valence-electron chi connectivity index (χ1n) is 6.38. The van der Waals surface area contributed by atoms with Crippen molar-refractivity contribution in [3.63, 3.8) is 0 Å². The van der Waals surface area contributed by atoms with Gasteiger partial charge in [0.15, 0.2) is 0 Å². The van der Waals surface area contributed by atoms with Crippen LogP contribution in [-0.4, -0.2) is 12.6 Å². The molecule has 1 aromatic carbocycles. The zero-order valence-corrected chi connectivity index (χ0v) is 12.1. The molecule has 0 saturated heterocycles. The van der Waals surface area contributed by atoms with Gasteiger partial charge in [0.1, 0.15) is 5.75 Å². The van der Waals surface area contributed by atoms with E-state index in [1.54, 1.807) is 0 Å². The molecule has 18 heavy (non-hydrogen) atoms. The van der Waals surface area contributed by atoms with E-state index in [0.29, 0.717) is 5.02 Å². The molecule has 100 valence electrons. The zero-order chi connectivity index (χ0) is 13.5. The fourth-order valence-corrected chi connectivity index (χ4v) is 1.87. The Morgan fingerprint density at radius 3 is 2.72 bits per heavy atom. The summed E-state index contributed by atoms with van der Waals surface area (Å²) >= 11 is 6.21. The van der Waals surface area contributed by atoms with Gasteiger partial charge in [0, 0.05) is 0 Å². The lowest BCUT2D eigenvalue weighted by Gasteiger charge is -2.12. The summed E-state index contributed by atoms with van der Waals surface area (Å²) in [6, 6.07) is 5.92. The number of hydrogen-bond acceptors (Lipinski definition) is 2. The molecule has 0 unspecified atom stereocenters. The Balaban J connectivity index is 2.80. The van der Waals surface area contributed by atoms with Crippen molar-refractivity contribution in [1.29, 1.82) is 0 Å². The smallest absolute Gasteiger partial charge is 0.138 e. The van der Waals surface area contributed by atoms with E-state index < -0.39 is 0 Å². The maximum atomic E-state index is 6.21. The normalized spacial score (nSPS) is 12.0. The third kappa shape index (κ3) is 4.71. The van der Waals surface area contributed by atoms with Crippen molar-refractivity contribution in [2.24, 2.45) is 5.73 Å². The predicted octanol–water partition coefficient (Wildman–Crippen LogP) is 4.27. The number of ether oxygens (including phenoxy) is 1. The van der Waals surface area contributed by atoms with Crippen LogP contribution in [0.1, 0.15) is 39.2 Å². The van der Waals surface area contributed by atoms with Crippen molar-refractivity contribution in [2.75, 3.05) is 6.54 Å². The zero-order valence-electron chi connectivity index (χ0n) is 11.4. The summed E-state index contributed by atoms with van der Waals surface area (Å²) in [6.45, 7) is 6.79. The molecule has 0 aliphatic heterocycles. The third-order valence-electron chi connectivity index (χ3n) is 2.61. The molecule has 1 rings (SSSR count). The van der Waals surface area contributed by atoms with E-state index in [1.807, 2.05) is 32.0 Å². The standard InChI is InChI=1S/C15H22ClNO/c1-11(2)18-15-8-7-13(10-14(15)16)12(3)6-4-5-9-17/h6-8,10-11H,4-5,9,17H2,1-3H3/b12-6+. The number of nitrogens with two attached hydrogens (primary N) is 1. The second kappa shape index (κ2) is 7.45. The highest BCUT2D eigenvalue weighted by atomic mass is 35.5. The Morgan fingerprint density at radius 2 is 2.17 bits per heavy atom. The maximum absolute atomic E-state index is 6.21. The van der Waals surface area contributed by atoms with E-state index in [4.69, 9.17) is 22.1 Å². The van der Waals surface area contributed by atoms with E-state index in [2.05, 4.69) is 13.0 Å². The van der Waals surface area contributed by atoms with E-state index in [-0.39, 0.29) is 6.10 Å². The average Bonchev–Trinajstić information content (AvgIpc) is 2.31. The van der Waals surface area contributed by atoms with Gasteiger partial charge in [0.25, 0.3) is 0 Å². The molecule has 2 N–H and O–H groups in total. The van der Waals surface area contributed by atoms with Gasteiger partial charge in [-0.05, 0) is 63.4 Å². The average molecular weight is 268 g/mol. The SMILES string of the molecule is C/C(=C\CCCN)c1ccc(OC(C)C)c(Cl)c1. The molecule has 0 aliphatic carbocycles. The molecule has 0 aliphatic rings. The lowest BCUT2D eigenvalue weighted by molar-refractivity contribution is 0.242. The van der Waals surface area contributed by atoms with Gasteiger partial charge < -0.3 is 10.5 Å². The van der Waals surface area contributed by atoms with Crippen molar-refractivity contribution >= 4 is 17.2 Å². The predicted molar refractivity (Wildman–Crippen MR) is 79.2 cm³/mol. The second-order valence-electron chi connectivity index (χ2n) is 4.63. The molecule has 0 saturated carbocycles. The highest BCUT2D eigenvalue weighted by molar-refractivity contribution is 6.32. The van der Waals surface area contributed by atoms with Gasteiger partial charge in [-0.1, -0.05) is 23.7 Å². The van der Waals surface area contributed by atoms with Crippen LogP contribution in [0.5, 0.6) is 5.75 Å². The van der Waals surface area contributed by atoms with Crippen LogP contribution in [-0.2, 0) is 0 Å². The van der Waals surface area contributed by atoms with Gasteiger partial charge in [-0.25, -0.2) is 0 Å². The Morgan fingerprint density at radius 1 is 1.44 bits per heavy atom. The summed E-state index contributed by atoms with van der Waals surface area (Å²) in [7, 11) is 0. The van der Waals surface area contributed by atoms with Gasteiger partial charge in [0.2, 0.25) is 0 Å². The summed E-state index contributed by atoms with van der Waals surface area (Å²) in [5.74, 6) is 0.741. The maximum Gasteiger partial charge on any atom is 0.138 e. The van der Waals surface area contributed by atoms with Crippen LogP contribution in [0.2, 0.25) is 5.02 Å². The van der Waals surface area contributed by atoms with Crippen LogP contribution in [0, 0.1) is 0 Å². The number of unbranched alkanes of at least 4 members (excludes halogenated alkanes) is 1. The van der Waals surface area contributed by atoms with E-state index >= 15 is 0 Å². The summed E-state index contributed by atoms with van der Waals surface area (Å²) in [5.41, 5.74) is 7.83. The number of rotatable bonds is 6. The van der Waals surface area contributed by atoms with Crippen molar-refractivity contribution < 1.29 is 4.74 Å². The molecule has 0 spiro atoms. The van der Waals surface area contributed by atoms with Crippen LogP contribution in [0.15, 0.2) is 24.3 Å². The lowest BCUT2D eigenvalue weighted by Crippen LogP contribution is -2.05. The van der Waals surface area contributed by atoms with Gasteiger partial charge in [-0.3, -0.25) is 0 Å². The summed E-state index contributed by atoms with van der Waals surface area (Å²) < 4.78 is 5.61. The number of hydrogen-bond donors (Lipinski definition) is 1. The van der Waals surface area contributed by atoms with E-state index in [9.17, 15) is 0 Å². The molecular weight excluding hydrogens is 246 g/mol. The Kier molecular flexibility index (Phi) is 6.23.